The molecule has 2 fully saturated rings. The Labute approximate surface area is 227 Å². The lowest BCUT2D eigenvalue weighted by atomic mass is 9.91. The highest BCUT2D eigenvalue weighted by Crippen LogP contribution is 2.46. The van der Waals surface area contributed by atoms with E-state index in [-0.39, 0.29) is 17.2 Å². The molecule has 0 spiro atoms. The van der Waals surface area contributed by atoms with Gasteiger partial charge in [0.25, 0.3) is 0 Å². The highest BCUT2D eigenvalue weighted by atomic mass is 35.5. The second kappa shape index (κ2) is 10.4. The number of aliphatic imine (C=N–C) groups is 2. The summed E-state index contributed by atoms with van der Waals surface area (Å²) >= 11 is 6.81. The van der Waals surface area contributed by atoms with Crippen LogP contribution >= 0.6 is 11.6 Å². The Morgan fingerprint density at radius 1 is 1.29 bits per heavy atom. The van der Waals surface area contributed by atoms with Crippen molar-refractivity contribution in [2.24, 2.45) is 15.4 Å². The van der Waals surface area contributed by atoms with Gasteiger partial charge in [0, 0.05) is 43.4 Å². The van der Waals surface area contributed by atoms with Gasteiger partial charge in [-0.2, -0.15) is 0 Å². The zero-order valence-electron chi connectivity index (χ0n) is 22.0. The van der Waals surface area contributed by atoms with Crippen LogP contribution in [-0.2, 0) is 4.79 Å². The molecule has 5 rings (SSSR count). The molecule has 3 N–H and O–H groups in total. The van der Waals surface area contributed by atoms with E-state index in [0.29, 0.717) is 64.7 Å². The summed E-state index contributed by atoms with van der Waals surface area (Å²) < 4.78 is 15.6. The van der Waals surface area contributed by atoms with Crippen molar-refractivity contribution in [1.29, 1.82) is 0 Å². The minimum absolute atomic E-state index is 0.000557. The van der Waals surface area contributed by atoms with Gasteiger partial charge in [-0.3, -0.25) is 14.7 Å². The molecule has 1 aromatic heterocycles. The van der Waals surface area contributed by atoms with Crippen molar-refractivity contribution in [1.82, 2.24) is 20.5 Å². The number of nitrogens with zero attached hydrogens (tertiary/aromatic N) is 4. The van der Waals surface area contributed by atoms with Crippen LogP contribution in [0, 0.1) is 11.2 Å². The van der Waals surface area contributed by atoms with Gasteiger partial charge < -0.3 is 16.0 Å². The van der Waals surface area contributed by atoms with Crippen molar-refractivity contribution in [2.45, 2.75) is 46.0 Å². The summed E-state index contributed by atoms with van der Waals surface area (Å²) in [5.74, 6) is 1.29. The van der Waals surface area contributed by atoms with Gasteiger partial charge in [-0.1, -0.05) is 39.0 Å². The third-order valence-electron chi connectivity index (χ3n) is 6.62. The number of hydrogen-bond donors (Lipinski definition) is 3. The van der Waals surface area contributed by atoms with Crippen molar-refractivity contribution in [3.05, 3.63) is 58.5 Å². The third kappa shape index (κ3) is 5.67. The summed E-state index contributed by atoms with van der Waals surface area (Å²) in [5, 5.41) is 9.71. The molecule has 2 aromatic rings. The molecular formula is C28H33ClFN7O. The molecule has 3 heterocycles. The number of amides is 1. The molecule has 200 valence electrons. The van der Waals surface area contributed by atoms with Gasteiger partial charge in [-0.25, -0.2) is 14.4 Å². The number of carbonyl (C=O) groups is 1. The van der Waals surface area contributed by atoms with E-state index < -0.39 is 5.82 Å². The maximum atomic E-state index is 15.6. The lowest BCUT2D eigenvalue weighted by Crippen LogP contribution is -2.37. The number of rotatable bonds is 7. The Morgan fingerprint density at radius 3 is 2.71 bits per heavy atom. The molecule has 0 atom stereocenters. The van der Waals surface area contributed by atoms with Crippen LogP contribution in [-0.4, -0.2) is 53.8 Å². The molecule has 8 nitrogen and oxygen atoms in total. The van der Waals surface area contributed by atoms with E-state index in [1.54, 1.807) is 17.2 Å². The molecule has 0 bridgehead atoms. The predicted molar refractivity (Wildman–Crippen MR) is 151 cm³/mol. The number of aromatic nitrogens is 1. The Hall–Kier alpha value is -3.46. The van der Waals surface area contributed by atoms with E-state index in [1.807, 2.05) is 26.8 Å². The quantitative estimate of drug-likeness (QED) is 0.460. The van der Waals surface area contributed by atoms with Crippen LogP contribution in [0.25, 0.3) is 5.70 Å². The second-order valence-electron chi connectivity index (χ2n) is 11.1. The van der Waals surface area contributed by atoms with Gasteiger partial charge in [0.15, 0.2) is 5.96 Å². The third-order valence-corrected chi connectivity index (χ3v) is 7.01. The molecule has 0 radical (unpaired) electrons. The van der Waals surface area contributed by atoms with E-state index in [0.717, 1.165) is 31.5 Å². The first kappa shape index (κ1) is 26.2. The van der Waals surface area contributed by atoms with Crippen molar-refractivity contribution >= 4 is 46.5 Å². The molecule has 3 aliphatic rings. The van der Waals surface area contributed by atoms with Crippen molar-refractivity contribution in [2.75, 3.05) is 31.5 Å². The number of carbonyl (C=O) groups excluding carboxylic acids is 1. The molecule has 1 amide bonds. The standard InChI is InChI=1S/C28H33ClFN7O/c1-16(35-27-33-9-10-34-27)18-13-20(17-5-6-17)24(21(30)14-18)36-25-23(29)19(7-8-31-25)26-32-11-12-37(26)22(38)15-28(2,3)4/h7-8,13-14,17H,1,5-6,9-12,15H2,2-4H3,(H,31,36)(H2,33,34,35). The maximum Gasteiger partial charge on any atom is 0.228 e. The number of amidine groups is 1. The minimum Gasteiger partial charge on any atom is -0.354 e. The smallest absolute Gasteiger partial charge is 0.228 e. The zero-order chi connectivity index (χ0) is 27.0. The summed E-state index contributed by atoms with van der Waals surface area (Å²) in [6.07, 6.45) is 3.94. The minimum atomic E-state index is -0.429. The van der Waals surface area contributed by atoms with E-state index >= 15 is 4.39 Å². The summed E-state index contributed by atoms with van der Waals surface area (Å²) in [6, 6.07) is 5.11. The van der Waals surface area contributed by atoms with Gasteiger partial charge in [0.2, 0.25) is 5.91 Å². The molecule has 1 saturated carbocycles. The van der Waals surface area contributed by atoms with Crippen LogP contribution in [0.5, 0.6) is 0 Å². The van der Waals surface area contributed by atoms with Crippen LogP contribution in [0.15, 0.2) is 41.0 Å². The van der Waals surface area contributed by atoms with E-state index in [2.05, 4.69) is 37.5 Å². The number of guanidine groups is 1. The van der Waals surface area contributed by atoms with Crippen LogP contribution in [0.2, 0.25) is 5.02 Å². The van der Waals surface area contributed by atoms with E-state index in [9.17, 15) is 4.79 Å². The Kier molecular flexibility index (Phi) is 7.13. The lowest BCUT2D eigenvalue weighted by molar-refractivity contribution is -0.128. The lowest BCUT2D eigenvalue weighted by Gasteiger charge is -2.24. The summed E-state index contributed by atoms with van der Waals surface area (Å²) in [6.45, 7) is 12.7. The fourth-order valence-electron chi connectivity index (χ4n) is 4.64. The summed E-state index contributed by atoms with van der Waals surface area (Å²) in [4.78, 5) is 28.1. The maximum absolute atomic E-state index is 15.6. The van der Waals surface area contributed by atoms with Crippen molar-refractivity contribution in [3.63, 3.8) is 0 Å². The average Bonchev–Trinajstić information content (AvgIpc) is 3.34. The molecule has 1 saturated heterocycles. The molecule has 38 heavy (non-hydrogen) atoms. The van der Waals surface area contributed by atoms with Crippen LogP contribution in [0.1, 0.15) is 62.6 Å². The molecule has 0 unspecified atom stereocenters. The van der Waals surface area contributed by atoms with Gasteiger partial charge in [0.05, 0.1) is 23.0 Å². The number of hydrogen-bond acceptors (Lipinski definition) is 5. The van der Waals surface area contributed by atoms with Crippen molar-refractivity contribution < 1.29 is 9.18 Å². The Bertz CT molecular complexity index is 1340. The molecule has 1 aromatic carbocycles. The fourth-order valence-corrected chi connectivity index (χ4v) is 4.88. The van der Waals surface area contributed by atoms with Gasteiger partial charge in [0.1, 0.15) is 17.5 Å². The summed E-state index contributed by atoms with van der Waals surface area (Å²) in [5.41, 5.74) is 2.73. The highest BCUT2D eigenvalue weighted by Gasteiger charge is 2.31. The molecule has 10 heteroatoms. The highest BCUT2D eigenvalue weighted by molar-refractivity contribution is 6.37. The monoisotopic (exact) mass is 537 g/mol. The molecule has 2 aliphatic heterocycles. The first-order valence-corrected chi connectivity index (χ1v) is 13.3. The number of halogens is 2. The van der Waals surface area contributed by atoms with E-state index in [1.165, 1.54) is 6.07 Å². The SMILES string of the molecule is C=C(N=C1NCCN1)c1cc(F)c(Nc2nccc(C3=NCCN3C(=O)CC(C)(C)C)c2Cl)c(C2CC2)c1. The normalized spacial score (nSPS) is 17.1. The van der Waals surface area contributed by atoms with Crippen LogP contribution < -0.4 is 16.0 Å². The first-order valence-electron chi connectivity index (χ1n) is 13.0. The largest absolute Gasteiger partial charge is 0.354 e. The zero-order valence-corrected chi connectivity index (χ0v) is 22.8. The second-order valence-corrected chi connectivity index (χ2v) is 11.5. The first-order chi connectivity index (χ1) is 18.1. The van der Waals surface area contributed by atoms with Crippen LogP contribution in [0.3, 0.4) is 0 Å². The van der Waals surface area contributed by atoms with Crippen LogP contribution in [0.4, 0.5) is 15.9 Å². The van der Waals surface area contributed by atoms with Crippen molar-refractivity contribution in [3.8, 4) is 0 Å². The Balaban J connectivity index is 1.43. The van der Waals surface area contributed by atoms with E-state index in [4.69, 9.17) is 11.6 Å². The molecule has 1 aliphatic carbocycles. The number of benzene rings is 1. The van der Waals surface area contributed by atoms with Gasteiger partial charge >= 0.3 is 0 Å². The predicted octanol–water partition coefficient (Wildman–Crippen LogP) is 5.04. The van der Waals surface area contributed by atoms with Gasteiger partial charge in [-0.05, 0) is 47.9 Å². The molecular weight excluding hydrogens is 505 g/mol. The number of anilines is 2. The summed E-state index contributed by atoms with van der Waals surface area (Å²) in [7, 11) is 0. The average molecular weight is 538 g/mol. The number of pyridine rings is 1. The van der Waals surface area contributed by atoms with Gasteiger partial charge in [-0.15, -0.1) is 0 Å². The topological polar surface area (TPSA) is 94.0 Å². The fraction of sp³-hybridized carbons (Fsp3) is 0.429. The number of nitrogens with one attached hydrogen (secondary N) is 3. The Morgan fingerprint density at radius 2 is 2.03 bits per heavy atom.